The Balaban J connectivity index is 1.72. The first kappa shape index (κ1) is 19.6. The van der Waals surface area contributed by atoms with E-state index < -0.39 is 48.3 Å². The predicted octanol–water partition coefficient (Wildman–Crippen LogP) is 3.70. The molecule has 0 saturated heterocycles. The van der Waals surface area contributed by atoms with Crippen LogP contribution in [0.4, 0.5) is 26.3 Å². The maximum absolute atomic E-state index is 12.3. The number of rotatable bonds is 4. The largest absolute Gasteiger partial charge is 0.459 e. The van der Waals surface area contributed by atoms with E-state index in [0.29, 0.717) is 0 Å². The number of hydrogen-bond donors (Lipinski definition) is 0. The quantitative estimate of drug-likeness (QED) is 0.428. The molecule has 0 aromatic heterocycles. The van der Waals surface area contributed by atoms with Crippen molar-refractivity contribution in [3.8, 4) is 0 Å². The van der Waals surface area contributed by atoms with Gasteiger partial charge in [-0.05, 0) is 32.6 Å². The molecule has 10 heteroatoms. The molecule has 4 nitrogen and oxygen atoms in total. The molecule has 0 radical (unpaired) electrons. The highest BCUT2D eigenvalue weighted by molar-refractivity contribution is 5.96. The fourth-order valence-electron chi connectivity index (χ4n) is 2.54. The fraction of sp³-hybridized carbons (Fsp3) is 0.733. The van der Waals surface area contributed by atoms with Gasteiger partial charge in [0, 0.05) is 11.6 Å². The van der Waals surface area contributed by atoms with Gasteiger partial charge in [0.25, 0.3) is 0 Å². The highest BCUT2D eigenvalue weighted by Crippen LogP contribution is 2.43. The second-order valence-electron chi connectivity index (χ2n) is 6.33. The van der Waals surface area contributed by atoms with Gasteiger partial charge in [-0.1, -0.05) is 0 Å². The average Bonchev–Trinajstić information content (AvgIpc) is 2.33. The molecule has 2 aliphatic carbocycles. The maximum atomic E-state index is 12.3. The summed E-state index contributed by atoms with van der Waals surface area (Å²) in [6.45, 7) is 1.21. The van der Waals surface area contributed by atoms with Crippen molar-refractivity contribution in [2.24, 2.45) is 11.8 Å². The van der Waals surface area contributed by atoms with Gasteiger partial charge >= 0.3 is 24.3 Å². The van der Waals surface area contributed by atoms with Crippen LogP contribution in [0.15, 0.2) is 11.6 Å². The van der Waals surface area contributed by atoms with Crippen LogP contribution in [0.1, 0.15) is 32.6 Å². The first-order valence-corrected chi connectivity index (χ1v) is 7.59. The van der Waals surface area contributed by atoms with Gasteiger partial charge in [0.2, 0.25) is 0 Å². The molecule has 0 atom stereocenters. The van der Waals surface area contributed by atoms with Gasteiger partial charge in [-0.3, -0.25) is 0 Å². The van der Waals surface area contributed by atoms with Crippen molar-refractivity contribution in [2.45, 2.75) is 57.2 Å². The molecule has 0 unspecified atom stereocenters. The summed E-state index contributed by atoms with van der Waals surface area (Å²) in [5, 5.41) is 0. The molecule has 25 heavy (non-hydrogen) atoms. The summed E-state index contributed by atoms with van der Waals surface area (Å²) >= 11 is 0. The molecule has 0 heterocycles. The van der Waals surface area contributed by atoms with Crippen LogP contribution < -0.4 is 0 Å². The third kappa shape index (κ3) is 5.12. The Hall–Kier alpha value is -1.74. The van der Waals surface area contributed by atoms with E-state index in [4.69, 9.17) is 9.47 Å². The summed E-state index contributed by atoms with van der Waals surface area (Å²) in [5.74, 6) is -4.94. The molecule has 2 fully saturated rings. The first-order chi connectivity index (χ1) is 11.4. The Morgan fingerprint density at radius 1 is 0.840 bits per heavy atom. The number of esters is 2. The van der Waals surface area contributed by atoms with Crippen LogP contribution in [-0.4, -0.2) is 36.5 Å². The molecule has 2 rings (SSSR count). The molecular weight excluding hydrogens is 358 g/mol. The second kappa shape index (κ2) is 6.87. The molecule has 0 bridgehead atoms. The normalized spacial score (nSPS) is 30.1. The Bertz CT molecular complexity index is 553. The van der Waals surface area contributed by atoms with E-state index in [0.717, 1.165) is 6.08 Å². The number of carbonyl (C=O) groups is 2. The topological polar surface area (TPSA) is 52.6 Å². The lowest BCUT2D eigenvalue weighted by Crippen LogP contribution is -2.41. The first-order valence-electron chi connectivity index (χ1n) is 7.59. The zero-order valence-corrected chi connectivity index (χ0v) is 13.1. The van der Waals surface area contributed by atoms with Crippen LogP contribution in [0.25, 0.3) is 0 Å². The van der Waals surface area contributed by atoms with E-state index >= 15 is 0 Å². The number of halogens is 6. The van der Waals surface area contributed by atoms with Crippen molar-refractivity contribution in [3.05, 3.63) is 11.6 Å². The van der Waals surface area contributed by atoms with E-state index in [-0.39, 0.29) is 31.3 Å². The van der Waals surface area contributed by atoms with Crippen molar-refractivity contribution in [3.63, 3.8) is 0 Å². The van der Waals surface area contributed by atoms with Crippen molar-refractivity contribution >= 4 is 11.9 Å². The fourth-order valence-corrected chi connectivity index (χ4v) is 2.54. The van der Waals surface area contributed by atoms with Gasteiger partial charge < -0.3 is 9.47 Å². The zero-order valence-electron chi connectivity index (χ0n) is 13.1. The molecule has 0 aromatic rings. The molecular formula is C15H16F6O4. The van der Waals surface area contributed by atoms with Crippen LogP contribution in [0.5, 0.6) is 0 Å². The van der Waals surface area contributed by atoms with Crippen LogP contribution >= 0.6 is 0 Å². The molecule has 2 saturated carbocycles. The molecule has 0 N–H and O–H groups in total. The van der Waals surface area contributed by atoms with Crippen molar-refractivity contribution in [1.82, 2.24) is 0 Å². The van der Waals surface area contributed by atoms with E-state index in [1.165, 1.54) is 6.92 Å². The third-order valence-electron chi connectivity index (χ3n) is 4.33. The average molecular weight is 374 g/mol. The monoisotopic (exact) mass is 374 g/mol. The highest BCUT2D eigenvalue weighted by Gasteiger charge is 2.50. The van der Waals surface area contributed by atoms with Crippen LogP contribution in [0, 0.1) is 11.8 Å². The Kier molecular flexibility index (Phi) is 5.38. The number of carbonyl (C=O) groups excluding carboxylic acids is 2. The van der Waals surface area contributed by atoms with Gasteiger partial charge in [0.1, 0.15) is 12.2 Å². The Morgan fingerprint density at radius 2 is 1.24 bits per heavy atom. The SMILES string of the molecule is C/C(=C\C(=O)OC1CC(C(F)(F)F)C1)C(=O)OC1CC(C(F)(F)F)C1. The molecule has 0 aromatic carbocycles. The number of hydrogen-bond acceptors (Lipinski definition) is 4. The predicted molar refractivity (Wildman–Crippen MR) is 71.1 cm³/mol. The summed E-state index contributed by atoms with van der Waals surface area (Å²) in [6.07, 6.45) is -10.9. The molecule has 0 spiro atoms. The van der Waals surface area contributed by atoms with Crippen molar-refractivity contribution in [1.29, 1.82) is 0 Å². The lowest BCUT2D eigenvalue weighted by Gasteiger charge is -2.36. The van der Waals surface area contributed by atoms with Crippen LogP contribution in [-0.2, 0) is 19.1 Å². The van der Waals surface area contributed by atoms with Gasteiger partial charge in [0.15, 0.2) is 0 Å². The summed E-state index contributed by atoms with van der Waals surface area (Å²) in [7, 11) is 0. The third-order valence-corrected chi connectivity index (χ3v) is 4.33. The highest BCUT2D eigenvalue weighted by atomic mass is 19.4. The summed E-state index contributed by atoms with van der Waals surface area (Å²) in [4.78, 5) is 23.2. The molecule has 0 aliphatic heterocycles. The van der Waals surface area contributed by atoms with E-state index in [2.05, 4.69) is 0 Å². The number of ether oxygens (including phenoxy) is 2. The lowest BCUT2D eigenvalue weighted by atomic mass is 9.82. The van der Waals surface area contributed by atoms with Gasteiger partial charge in [-0.15, -0.1) is 0 Å². The van der Waals surface area contributed by atoms with Gasteiger partial charge in [0.05, 0.1) is 11.8 Å². The lowest BCUT2D eigenvalue weighted by molar-refractivity contribution is -0.219. The smallest absolute Gasteiger partial charge is 0.392 e. The minimum Gasteiger partial charge on any atom is -0.459 e. The summed E-state index contributed by atoms with van der Waals surface area (Å²) in [5.41, 5.74) is -0.188. The molecule has 2 aliphatic rings. The minimum atomic E-state index is -4.32. The Morgan fingerprint density at radius 3 is 1.64 bits per heavy atom. The number of alkyl halides is 6. The van der Waals surface area contributed by atoms with Crippen LogP contribution in [0.3, 0.4) is 0 Å². The standard InChI is InChI=1S/C15H16F6O4/c1-7(13(23)25-11-5-9(6-11)15(19,20)21)2-12(22)24-10-3-8(4-10)14(16,17)18/h2,8-11H,3-6H2,1H3/b7-2+. The molecule has 0 amide bonds. The summed E-state index contributed by atoms with van der Waals surface area (Å²) in [6, 6.07) is 0. The Labute approximate surface area is 139 Å². The zero-order chi connectivity index (χ0) is 19.0. The second-order valence-corrected chi connectivity index (χ2v) is 6.33. The van der Waals surface area contributed by atoms with Gasteiger partial charge in [-0.2, -0.15) is 26.3 Å². The van der Waals surface area contributed by atoms with Crippen LogP contribution in [0.2, 0.25) is 0 Å². The van der Waals surface area contributed by atoms with E-state index in [9.17, 15) is 35.9 Å². The van der Waals surface area contributed by atoms with Gasteiger partial charge in [-0.25, -0.2) is 9.59 Å². The minimum absolute atomic E-state index is 0.188. The van der Waals surface area contributed by atoms with E-state index in [1.807, 2.05) is 0 Å². The molecule has 142 valence electrons. The van der Waals surface area contributed by atoms with E-state index in [1.54, 1.807) is 0 Å². The van der Waals surface area contributed by atoms with Crippen molar-refractivity contribution < 1.29 is 45.4 Å². The van der Waals surface area contributed by atoms with Crippen molar-refractivity contribution in [2.75, 3.05) is 0 Å². The summed E-state index contributed by atoms with van der Waals surface area (Å²) < 4.78 is 83.5. The maximum Gasteiger partial charge on any atom is 0.392 e.